The van der Waals surface area contributed by atoms with Crippen LogP contribution in [-0.4, -0.2) is 11.2 Å². The lowest BCUT2D eigenvalue weighted by Gasteiger charge is -2.23. The Hall–Kier alpha value is -1.70. The first-order valence-corrected chi connectivity index (χ1v) is 6.47. The zero-order chi connectivity index (χ0) is 13.4. The van der Waals surface area contributed by atoms with E-state index in [4.69, 9.17) is 16.3 Å². The van der Waals surface area contributed by atoms with Gasteiger partial charge in [0.2, 0.25) is 0 Å². The van der Waals surface area contributed by atoms with Gasteiger partial charge in [-0.25, -0.2) is 4.79 Å². The predicted molar refractivity (Wildman–Crippen MR) is 70.7 cm³/mol. The van der Waals surface area contributed by atoms with Crippen molar-refractivity contribution in [1.82, 2.24) is 0 Å². The third kappa shape index (κ3) is 2.53. The second-order valence-corrected chi connectivity index (χ2v) is 5.07. The Morgan fingerprint density at radius 3 is 2.89 bits per heavy atom. The number of rotatable bonds is 1. The Morgan fingerprint density at radius 2 is 2.21 bits per heavy atom. The zero-order valence-corrected chi connectivity index (χ0v) is 10.8. The van der Waals surface area contributed by atoms with Gasteiger partial charge in [-0.05, 0) is 30.5 Å². The summed E-state index contributed by atoms with van der Waals surface area (Å²) in [6, 6.07) is 3.35. The zero-order valence-electron chi connectivity index (χ0n) is 10.1. The molecule has 1 aliphatic carbocycles. The highest BCUT2D eigenvalue weighted by Gasteiger charge is 2.27. The highest BCUT2D eigenvalue weighted by atomic mass is 35.5. The van der Waals surface area contributed by atoms with Gasteiger partial charge in [-0.15, -0.1) is 0 Å². The van der Waals surface area contributed by atoms with E-state index in [2.05, 4.69) is 17.2 Å². The van der Waals surface area contributed by atoms with Crippen molar-refractivity contribution in [3.8, 4) is 11.8 Å². The number of cyclic esters (lactones) is 1. The second-order valence-electron chi connectivity index (χ2n) is 4.66. The molecule has 1 aromatic carbocycles. The van der Waals surface area contributed by atoms with Gasteiger partial charge < -0.3 is 9.84 Å². The largest absolute Gasteiger partial charge is 0.428 e. The molecule has 1 amide bonds. The fourth-order valence-corrected chi connectivity index (χ4v) is 2.15. The van der Waals surface area contributed by atoms with E-state index in [9.17, 15) is 9.90 Å². The molecule has 1 fully saturated rings. The SMILES string of the molecule is O=C1Nc2cc(CO)c(Cl)cc2C(C#CC2CC2)O1. The maximum atomic E-state index is 11.5. The van der Waals surface area contributed by atoms with Crippen LogP contribution >= 0.6 is 11.6 Å². The minimum absolute atomic E-state index is 0.179. The van der Waals surface area contributed by atoms with Gasteiger partial charge in [0.05, 0.1) is 12.3 Å². The monoisotopic (exact) mass is 277 g/mol. The van der Waals surface area contributed by atoms with E-state index >= 15 is 0 Å². The number of carbonyl (C=O) groups excluding carboxylic acids is 1. The van der Waals surface area contributed by atoms with E-state index < -0.39 is 12.2 Å². The van der Waals surface area contributed by atoms with Crippen LogP contribution in [0.5, 0.6) is 0 Å². The predicted octanol–water partition coefficient (Wildman–Crippen LogP) is 2.85. The number of aliphatic hydroxyl groups excluding tert-OH is 1. The average Bonchev–Trinajstić information content (AvgIpc) is 3.20. The molecule has 1 atom stereocenters. The van der Waals surface area contributed by atoms with Crippen molar-refractivity contribution in [2.75, 3.05) is 5.32 Å². The summed E-state index contributed by atoms with van der Waals surface area (Å²) in [6.45, 7) is -0.179. The Labute approximate surface area is 115 Å². The molecule has 19 heavy (non-hydrogen) atoms. The molecule has 1 aromatic rings. The summed E-state index contributed by atoms with van der Waals surface area (Å²) in [5.74, 6) is 6.50. The van der Waals surface area contributed by atoms with E-state index in [1.54, 1.807) is 12.1 Å². The number of ether oxygens (including phenoxy) is 1. The van der Waals surface area contributed by atoms with Crippen molar-refractivity contribution in [1.29, 1.82) is 0 Å². The molecule has 0 bridgehead atoms. The van der Waals surface area contributed by atoms with Crippen LogP contribution in [0.1, 0.15) is 30.1 Å². The van der Waals surface area contributed by atoms with Crippen molar-refractivity contribution < 1.29 is 14.6 Å². The van der Waals surface area contributed by atoms with Gasteiger partial charge in [0.25, 0.3) is 0 Å². The summed E-state index contributed by atoms with van der Waals surface area (Å²) in [7, 11) is 0. The highest BCUT2D eigenvalue weighted by molar-refractivity contribution is 6.31. The fraction of sp³-hybridized carbons (Fsp3) is 0.357. The van der Waals surface area contributed by atoms with Crippen molar-refractivity contribution in [2.24, 2.45) is 5.92 Å². The van der Waals surface area contributed by atoms with Crippen molar-refractivity contribution in [3.63, 3.8) is 0 Å². The Balaban J connectivity index is 2.00. The molecule has 3 rings (SSSR count). The summed E-state index contributed by atoms with van der Waals surface area (Å²) in [5.41, 5.74) is 1.89. The molecular formula is C14H12ClNO3. The molecule has 5 heteroatoms. The first-order chi connectivity index (χ1) is 9.17. The van der Waals surface area contributed by atoms with Crippen LogP contribution in [0.25, 0.3) is 0 Å². The van der Waals surface area contributed by atoms with Crippen LogP contribution in [0, 0.1) is 17.8 Å². The maximum absolute atomic E-state index is 11.5. The summed E-state index contributed by atoms with van der Waals surface area (Å²) in [5, 5.41) is 12.2. The van der Waals surface area contributed by atoms with Crippen LogP contribution in [-0.2, 0) is 11.3 Å². The van der Waals surface area contributed by atoms with E-state index in [1.165, 1.54) is 0 Å². The lowest BCUT2D eigenvalue weighted by molar-refractivity contribution is 0.134. The summed E-state index contributed by atoms with van der Waals surface area (Å²) in [4.78, 5) is 11.5. The number of hydrogen-bond donors (Lipinski definition) is 2. The summed E-state index contributed by atoms with van der Waals surface area (Å²) >= 11 is 6.06. The van der Waals surface area contributed by atoms with Gasteiger partial charge >= 0.3 is 6.09 Å². The number of amides is 1. The molecule has 0 aromatic heterocycles. The van der Waals surface area contributed by atoms with Gasteiger partial charge in [0.15, 0.2) is 6.10 Å². The van der Waals surface area contributed by atoms with Gasteiger partial charge in [-0.1, -0.05) is 23.4 Å². The molecule has 1 unspecified atom stereocenters. The Morgan fingerprint density at radius 1 is 1.42 bits per heavy atom. The molecule has 0 saturated heterocycles. The molecule has 2 aliphatic rings. The first-order valence-electron chi connectivity index (χ1n) is 6.09. The van der Waals surface area contributed by atoms with Gasteiger partial charge in [0.1, 0.15) is 0 Å². The molecule has 2 N–H and O–H groups in total. The lowest BCUT2D eigenvalue weighted by atomic mass is 10.0. The smallest absolute Gasteiger partial charge is 0.413 e. The number of aliphatic hydroxyl groups is 1. The third-order valence-electron chi connectivity index (χ3n) is 3.13. The average molecular weight is 278 g/mol. The van der Waals surface area contributed by atoms with Gasteiger partial charge in [0, 0.05) is 16.5 Å². The quantitative estimate of drug-likeness (QED) is 0.776. The molecular weight excluding hydrogens is 266 g/mol. The minimum Gasteiger partial charge on any atom is -0.428 e. The minimum atomic E-state index is -0.588. The summed E-state index contributed by atoms with van der Waals surface area (Å²) in [6.07, 6.45) is 1.11. The number of anilines is 1. The van der Waals surface area contributed by atoms with E-state index in [-0.39, 0.29) is 6.61 Å². The maximum Gasteiger partial charge on any atom is 0.413 e. The molecule has 98 valence electrons. The first kappa shape index (κ1) is 12.3. The van der Waals surface area contributed by atoms with E-state index in [1.807, 2.05) is 0 Å². The third-order valence-corrected chi connectivity index (χ3v) is 3.48. The normalized spacial score (nSPS) is 20.7. The topological polar surface area (TPSA) is 58.6 Å². The summed E-state index contributed by atoms with van der Waals surface area (Å²) < 4.78 is 5.17. The molecule has 1 saturated carbocycles. The van der Waals surface area contributed by atoms with Crippen molar-refractivity contribution >= 4 is 23.4 Å². The molecule has 1 aliphatic heterocycles. The Kier molecular flexibility index (Phi) is 3.09. The molecule has 4 nitrogen and oxygen atoms in total. The van der Waals surface area contributed by atoms with Crippen molar-refractivity contribution in [3.05, 3.63) is 28.3 Å². The number of nitrogens with one attached hydrogen (secondary N) is 1. The lowest BCUT2D eigenvalue weighted by Crippen LogP contribution is -2.24. The van der Waals surface area contributed by atoms with Crippen LogP contribution in [0.3, 0.4) is 0 Å². The van der Waals surface area contributed by atoms with Gasteiger partial charge in [-0.3, -0.25) is 5.32 Å². The highest BCUT2D eigenvalue weighted by Crippen LogP contribution is 2.35. The number of hydrogen-bond acceptors (Lipinski definition) is 3. The number of halogens is 1. The van der Waals surface area contributed by atoms with Gasteiger partial charge in [-0.2, -0.15) is 0 Å². The van der Waals surface area contributed by atoms with Crippen molar-refractivity contribution in [2.45, 2.75) is 25.6 Å². The number of benzene rings is 1. The second kappa shape index (κ2) is 4.76. The van der Waals surface area contributed by atoms with E-state index in [0.29, 0.717) is 22.2 Å². The fourth-order valence-electron chi connectivity index (χ4n) is 1.92. The molecule has 0 spiro atoms. The van der Waals surface area contributed by atoms with Crippen LogP contribution < -0.4 is 5.32 Å². The van der Waals surface area contributed by atoms with Crippen LogP contribution in [0.15, 0.2) is 12.1 Å². The molecule has 1 heterocycles. The number of carbonyl (C=O) groups is 1. The van der Waals surface area contributed by atoms with E-state index in [0.717, 1.165) is 18.4 Å². The van der Waals surface area contributed by atoms with Crippen LogP contribution in [0.4, 0.5) is 10.5 Å². The number of fused-ring (bicyclic) bond motifs is 1. The van der Waals surface area contributed by atoms with Crippen LogP contribution in [0.2, 0.25) is 5.02 Å². The standard InChI is InChI=1S/C14H12ClNO3/c15-11-6-10-12(5-9(11)7-17)16-14(18)19-13(10)4-3-8-1-2-8/h5-6,8,13,17H,1-2,7H2,(H,16,18). The molecule has 0 radical (unpaired) electrons. The Bertz CT molecular complexity index is 599.